The molecule has 3 nitrogen and oxygen atoms in total. The summed E-state index contributed by atoms with van der Waals surface area (Å²) in [6, 6.07) is 3.52. The van der Waals surface area contributed by atoms with E-state index < -0.39 is 0 Å². The summed E-state index contributed by atoms with van der Waals surface area (Å²) in [6.07, 6.45) is 0.401. The Labute approximate surface area is 114 Å². The van der Waals surface area contributed by atoms with E-state index >= 15 is 0 Å². The predicted molar refractivity (Wildman–Crippen MR) is 72.6 cm³/mol. The molecule has 0 aromatic heterocycles. The normalized spacial score (nSPS) is 17.9. The Bertz CT molecular complexity index is 407. The maximum Gasteiger partial charge on any atom is 0.159 e. The fraction of sp³-hybridized carbons (Fsp3) is 0.600. The molecule has 1 unspecified atom stereocenters. The summed E-state index contributed by atoms with van der Waals surface area (Å²) in [6.45, 7) is 7.91. The molecule has 0 spiro atoms. The minimum atomic E-state index is -0.232. The second-order valence-electron chi connectivity index (χ2n) is 4.99. The van der Waals surface area contributed by atoms with Crippen LogP contribution in [0.15, 0.2) is 12.1 Å². The third-order valence-electron chi connectivity index (χ3n) is 3.40. The van der Waals surface area contributed by atoms with E-state index in [2.05, 4.69) is 5.32 Å². The van der Waals surface area contributed by atoms with Gasteiger partial charge in [0.15, 0.2) is 6.29 Å². The van der Waals surface area contributed by atoms with Gasteiger partial charge in [-0.05, 0) is 37.6 Å². The minimum Gasteiger partial charge on any atom is -0.350 e. The first-order chi connectivity index (χ1) is 9.11. The van der Waals surface area contributed by atoms with Crippen LogP contribution in [0, 0.1) is 19.7 Å². The average molecular weight is 267 g/mol. The molecule has 1 atom stereocenters. The molecule has 0 radical (unpaired) electrons. The highest BCUT2D eigenvalue weighted by molar-refractivity contribution is 5.34. The molecule has 1 aromatic carbocycles. The van der Waals surface area contributed by atoms with Gasteiger partial charge in [0, 0.05) is 18.0 Å². The molecule has 1 aliphatic rings. The zero-order chi connectivity index (χ0) is 13.8. The molecule has 0 amide bonds. The van der Waals surface area contributed by atoms with E-state index in [1.54, 1.807) is 6.07 Å². The summed E-state index contributed by atoms with van der Waals surface area (Å²) in [5.74, 6) is -0.151. The predicted octanol–water partition coefficient (Wildman–Crippen LogP) is 2.86. The van der Waals surface area contributed by atoms with Crippen molar-refractivity contribution in [1.82, 2.24) is 5.32 Å². The lowest BCUT2D eigenvalue weighted by Crippen LogP contribution is -2.27. The van der Waals surface area contributed by atoms with Crippen LogP contribution in [0.25, 0.3) is 0 Å². The Hall–Kier alpha value is -0.970. The quantitative estimate of drug-likeness (QED) is 0.890. The van der Waals surface area contributed by atoms with E-state index in [0.29, 0.717) is 19.6 Å². The number of rotatable bonds is 5. The SMILES string of the molecule is CCNC(CC1OCCO1)c1c(C)cc(C)cc1F. The van der Waals surface area contributed by atoms with Gasteiger partial charge in [0.2, 0.25) is 0 Å². The molecule has 1 saturated heterocycles. The van der Waals surface area contributed by atoms with Gasteiger partial charge in [0.05, 0.1) is 13.2 Å². The Kier molecular flexibility index (Phi) is 4.91. The van der Waals surface area contributed by atoms with Crippen molar-refractivity contribution in [2.24, 2.45) is 0 Å². The number of aryl methyl sites for hydroxylation is 2. The number of hydrogen-bond acceptors (Lipinski definition) is 3. The third-order valence-corrected chi connectivity index (χ3v) is 3.40. The molecular formula is C15H22FNO2. The molecule has 1 aromatic rings. The van der Waals surface area contributed by atoms with Crippen LogP contribution >= 0.6 is 0 Å². The van der Waals surface area contributed by atoms with E-state index in [1.807, 2.05) is 26.8 Å². The molecule has 0 aliphatic carbocycles. The van der Waals surface area contributed by atoms with Gasteiger partial charge >= 0.3 is 0 Å². The van der Waals surface area contributed by atoms with E-state index in [-0.39, 0.29) is 18.1 Å². The highest BCUT2D eigenvalue weighted by Crippen LogP contribution is 2.28. The van der Waals surface area contributed by atoms with Gasteiger partial charge in [0.25, 0.3) is 0 Å². The van der Waals surface area contributed by atoms with E-state index in [0.717, 1.165) is 23.2 Å². The lowest BCUT2D eigenvalue weighted by atomic mass is 9.96. The maximum absolute atomic E-state index is 14.2. The van der Waals surface area contributed by atoms with Crippen molar-refractivity contribution < 1.29 is 13.9 Å². The molecule has 4 heteroatoms. The largest absolute Gasteiger partial charge is 0.350 e. The summed E-state index contributed by atoms with van der Waals surface area (Å²) in [5.41, 5.74) is 2.65. The van der Waals surface area contributed by atoms with Gasteiger partial charge in [-0.25, -0.2) is 4.39 Å². The minimum absolute atomic E-state index is 0.0753. The smallest absolute Gasteiger partial charge is 0.159 e. The highest BCUT2D eigenvalue weighted by atomic mass is 19.1. The molecule has 1 fully saturated rings. The van der Waals surface area contributed by atoms with Crippen LogP contribution in [0.5, 0.6) is 0 Å². The van der Waals surface area contributed by atoms with Crippen LogP contribution in [0.1, 0.15) is 36.1 Å². The van der Waals surface area contributed by atoms with Crippen molar-refractivity contribution in [2.45, 2.75) is 39.5 Å². The number of ether oxygens (including phenoxy) is 2. The summed E-state index contributed by atoms with van der Waals surface area (Å²) in [4.78, 5) is 0. The van der Waals surface area contributed by atoms with E-state index in [1.165, 1.54) is 0 Å². The van der Waals surface area contributed by atoms with E-state index in [9.17, 15) is 4.39 Å². The van der Waals surface area contributed by atoms with Crippen molar-refractivity contribution in [3.8, 4) is 0 Å². The number of halogens is 1. The van der Waals surface area contributed by atoms with Gasteiger partial charge in [-0.3, -0.25) is 0 Å². The summed E-state index contributed by atoms with van der Waals surface area (Å²) in [5, 5.41) is 3.33. The van der Waals surface area contributed by atoms with Gasteiger partial charge < -0.3 is 14.8 Å². The summed E-state index contributed by atoms with van der Waals surface area (Å²) < 4.78 is 25.2. The van der Waals surface area contributed by atoms with Gasteiger partial charge in [0.1, 0.15) is 5.82 Å². The van der Waals surface area contributed by atoms with Gasteiger partial charge in [-0.15, -0.1) is 0 Å². The molecule has 106 valence electrons. The molecular weight excluding hydrogens is 245 g/mol. The molecule has 1 N–H and O–H groups in total. The Morgan fingerprint density at radius 1 is 1.32 bits per heavy atom. The second kappa shape index (κ2) is 6.46. The van der Waals surface area contributed by atoms with Crippen molar-refractivity contribution in [3.63, 3.8) is 0 Å². The zero-order valence-corrected chi connectivity index (χ0v) is 11.8. The van der Waals surface area contributed by atoms with Crippen molar-refractivity contribution in [1.29, 1.82) is 0 Å². The monoisotopic (exact) mass is 267 g/mol. The van der Waals surface area contributed by atoms with E-state index in [4.69, 9.17) is 9.47 Å². The van der Waals surface area contributed by atoms with Crippen LogP contribution < -0.4 is 5.32 Å². The maximum atomic E-state index is 14.2. The fourth-order valence-electron chi connectivity index (χ4n) is 2.65. The molecule has 0 bridgehead atoms. The van der Waals surface area contributed by atoms with Gasteiger partial charge in [-0.2, -0.15) is 0 Å². The second-order valence-corrected chi connectivity index (χ2v) is 4.99. The lowest BCUT2D eigenvalue weighted by Gasteiger charge is -2.23. The van der Waals surface area contributed by atoms with Crippen LogP contribution in [-0.2, 0) is 9.47 Å². The first-order valence-electron chi connectivity index (χ1n) is 6.85. The molecule has 0 saturated carbocycles. The topological polar surface area (TPSA) is 30.5 Å². The Balaban J connectivity index is 2.22. The lowest BCUT2D eigenvalue weighted by molar-refractivity contribution is -0.0531. The Morgan fingerprint density at radius 2 is 2.00 bits per heavy atom. The number of hydrogen-bond donors (Lipinski definition) is 1. The summed E-state index contributed by atoms with van der Waals surface area (Å²) >= 11 is 0. The molecule has 1 heterocycles. The van der Waals surface area contributed by atoms with Crippen molar-refractivity contribution >= 4 is 0 Å². The van der Waals surface area contributed by atoms with Crippen molar-refractivity contribution in [3.05, 3.63) is 34.6 Å². The average Bonchev–Trinajstić information content (AvgIpc) is 2.80. The third kappa shape index (κ3) is 3.53. The first kappa shape index (κ1) is 14.4. The van der Waals surface area contributed by atoms with Crippen molar-refractivity contribution in [2.75, 3.05) is 19.8 Å². The zero-order valence-electron chi connectivity index (χ0n) is 11.8. The fourth-order valence-corrected chi connectivity index (χ4v) is 2.65. The van der Waals surface area contributed by atoms with Crippen LogP contribution in [0.4, 0.5) is 4.39 Å². The number of benzene rings is 1. The first-order valence-corrected chi connectivity index (χ1v) is 6.85. The Morgan fingerprint density at radius 3 is 2.58 bits per heavy atom. The van der Waals surface area contributed by atoms with Crippen LogP contribution in [-0.4, -0.2) is 26.0 Å². The van der Waals surface area contributed by atoms with Gasteiger partial charge in [-0.1, -0.05) is 13.0 Å². The highest BCUT2D eigenvalue weighted by Gasteiger charge is 2.25. The molecule has 19 heavy (non-hydrogen) atoms. The molecule has 2 rings (SSSR count). The standard InChI is InChI=1S/C15H22FNO2/c1-4-17-13(9-14-18-5-6-19-14)15-11(3)7-10(2)8-12(15)16/h7-8,13-14,17H,4-6,9H2,1-3H3. The van der Waals surface area contributed by atoms with Crippen LogP contribution in [0.3, 0.4) is 0 Å². The number of nitrogens with one attached hydrogen (secondary N) is 1. The van der Waals surface area contributed by atoms with Crippen LogP contribution in [0.2, 0.25) is 0 Å². The molecule has 1 aliphatic heterocycles. The summed E-state index contributed by atoms with van der Waals surface area (Å²) in [7, 11) is 0.